The summed E-state index contributed by atoms with van der Waals surface area (Å²) in [4.78, 5) is 10.3. The Morgan fingerprint density at radius 3 is 2.92 bits per heavy atom. The second-order valence-electron chi connectivity index (χ2n) is 4.14. The minimum Gasteiger partial charge on any atom is -0.299 e. The number of carbonyl (C=O) groups excluding carboxylic acids is 1. The van der Waals surface area contributed by atoms with Gasteiger partial charge in [0.25, 0.3) is 0 Å². The van der Waals surface area contributed by atoms with E-state index in [1.165, 1.54) is 12.0 Å². The van der Waals surface area contributed by atoms with Gasteiger partial charge in [-0.1, -0.05) is 37.3 Å². The topological polar surface area (TPSA) is 17.1 Å². The first kappa shape index (κ1) is 8.49. The molecule has 0 N–H and O–H groups in total. The molecule has 2 bridgehead atoms. The summed E-state index contributed by atoms with van der Waals surface area (Å²) < 4.78 is 0. The van der Waals surface area contributed by atoms with E-state index in [0.29, 0.717) is 11.8 Å². The van der Waals surface area contributed by atoms with Gasteiger partial charge in [0, 0.05) is 5.41 Å². The lowest BCUT2D eigenvalue weighted by Crippen LogP contribution is -2.21. The third-order valence-electron chi connectivity index (χ3n) is 3.51. The summed E-state index contributed by atoms with van der Waals surface area (Å²) in [6.07, 6.45) is 10.1. The highest BCUT2D eigenvalue weighted by atomic mass is 16.1. The Morgan fingerprint density at radius 1 is 1.62 bits per heavy atom. The maximum atomic E-state index is 10.3. The SMILES string of the molecule is C=C1[C@@H]2C=C[C@@H](C2)[C@@]1(C)C=CC=O. The highest BCUT2D eigenvalue weighted by Gasteiger charge is 2.46. The zero-order valence-corrected chi connectivity index (χ0v) is 7.86. The van der Waals surface area contributed by atoms with Crippen molar-refractivity contribution in [1.82, 2.24) is 0 Å². The van der Waals surface area contributed by atoms with Crippen LogP contribution in [0.25, 0.3) is 0 Å². The molecule has 1 fully saturated rings. The molecule has 2 rings (SSSR count). The maximum absolute atomic E-state index is 10.3. The van der Waals surface area contributed by atoms with Gasteiger partial charge in [0.15, 0.2) is 0 Å². The fourth-order valence-corrected chi connectivity index (χ4v) is 2.51. The van der Waals surface area contributed by atoms with Gasteiger partial charge >= 0.3 is 0 Å². The molecule has 0 radical (unpaired) electrons. The molecule has 0 aliphatic heterocycles. The molecular formula is C12H14O. The summed E-state index contributed by atoms with van der Waals surface area (Å²) in [7, 11) is 0. The smallest absolute Gasteiger partial charge is 0.142 e. The average Bonchev–Trinajstić information content (AvgIpc) is 2.68. The minimum absolute atomic E-state index is 0.0281. The van der Waals surface area contributed by atoms with Crippen LogP contribution in [-0.2, 0) is 4.79 Å². The second-order valence-corrected chi connectivity index (χ2v) is 4.14. The second kappa shape index (κ2) is 2.69. The van der Waals surface area contributed by atoms with Gasteiger partial charge in [-0.2, -0.15) is 0 Å². The van der Waals surface area contributed by atoms with Gasteiger partial charge in [-0.15, -0.1) is 0 Å². The summed E-state index contributed by atoms with van der Waals surface area (Å²) in [5, 5.41) is 0. The molecule has 13 heavy (non-hydrogen) atoms. The summed E-state index contributed by atoms with van der Waals surface area (Å²) in [6.45, 7) is 6.29. The molecule has 3 atom stereocenters. The summed E-state index contributed by atoms with van der Waals surface area (Å²) in [5.41, 5.74) is 1.29. The van der Waals surface area contributed by atoms with Gasteiger partial charge in [-0.05, 0) is 24.3 Å². The Morgan fingerprint density at radius 2 is 2.38 bits per heavy atom. The number of hydrogen-bond donors (Lipinski definition) is 0. The lowest BCUT2D eigenvalue weighted by molar-refractivity contribution is -0.104. The molecule has 2 aliphatic rings. The van der Waals surface area contributed by atoms with Crippen LogP contribution in [0, 0.1) is 17.3 Å². The first-order valence-corrected chi connectivity index (χ1v) is 4.69. The Balaban J connectivity index is 2.33. The van der Waals surface area contributed by atoms with Crippen molar-refractivity contribution in [2.24, 2.45) is 17.3 Å². The molecule has 0 unspecified atom stereocenters. The van der Waals surface area contributed by atoms with Crippen molar-refractivity contribution in [2.45, 2.75) is 13.3 Å². The van der Waals surface area contributed by atoms with E-state index in [2.05, 4.69) is 25.7 Å². The molecule has 0 aromatic heterocycles. The minimum atomic E-state index is 0.0281. The molecule has 68 valence electrons. The van der Waals surface area contributed by atoms with Crippen molar-refractivity contribution in [3.05, 3.63) is 36.5 Å². The molecule has 0 heterocycles. The quantitative estimate of drug-likeness (QED) is 0.357. The van der Waals surface area contributed by atoms with Crippen LogP contribution < -0.4 is 0 Å². The summed E-state index contributed by atoms with van der Waals surface area (Å²) in [5.74, 6) is 1.10. The van der Waals surface area contributed by atoms with Gasteiger partial charge in [-0.3, -0.25) is 4.79 Å². The first-order chi connectivity index (χ1) is 6.18. The van der Waals surface area contributed by atoms with Crippen molar-refractivity contribution in [3.63, 3.8) is 0 Å². The van der Waals surface area contributed by atoms with Gasteiger partial charge in [-0.25, -0.2) is 0 Å². The van der Waals surface area contributed by atoms with Crippen LogP contribution in [0.2, 0.25) is 0 Å². The summed E-state index contributed by atoms with van der Waals surface area (Å²) >= 11 is 0. The number of fused-ring (bicyclic) bond motifs is 2. The standard InChI is InChI=1S/C12H14O/c1-9-10-4-5-11(8-10)12(9,2)6-3-7-13/h3-7,10-11H,1,8H2,2H3/t10-,11+,12+/m1/s1. The van der Waals surface area contributed by atoms with Crippen LogP contribution in [0.5, 0.6) is 0 Å². The number of allylic oxidation sites excluding steroid dienone is 5. The molecule has 0 saturated heterocycles. The van der Waals surface area contributed by atoms with Crippen molar-refractivity contribution in [2.75, 3.05) is 0 Å². The monoisotopic (exact) mass is 174 g/mol. The zero-order chi connectivity index (χ0) is 9.47. The summed E-state index contributed by atoms with van der Waals surface area (Å²) in [6, 6.07) is 0. The van der Waals surface area contributed by atoms with Gasteiger partial charge < -0.3 is 0 Å². The van der Waals surface area contributed by atoms with E-state index in [9.17, 15) is 4.79 Å². The molecule has 0 aromatic carbocycles. The molecule has 0 amide bonds. The van der Waals surface area contributed by atoms with Gasteiger partial charge in [0.2, 0.25) is 0 Å². The Kier molecular flexibility index (Phi) is 1.76. The lowest BCUT2D eigenvalue weighted by atomic mass is 9.74. The number of hydrogen-bond acceptors (Lipinski definition) is 1. The lowest BCUT2D eigenvalue weighted by Gasteiger charge is -2.29. The van der Waals surface area contributed by atoms with E-state index < -0.39 is 0 Å². The van der Waals surface area contributed by atoms with Crippen LogP contribution >= 0.6 is 0 Å². The third kappa shape index (κ3) is 1.03. The Bertz CT molecular complexity index is 311. The molecular weight excluding hydrogens is 160 g/mol. The highest BCUT2D eigenvalue weighted by Crippen LogP contribution is 2.55. The van der Waals surface area contributed by atoms with Crippen LogP contribution in [0.15, 0.2) is 36.5 Å². The van der Waals surface area contributed by atoms with E-state index >= 15 is 0 Å². The maximum Gasteiger partial charge on any atom is 0.142 e. The predicted octanol–water partition coefficient (Wildman–Crippen LogP) is 2.51. The van der Waals surface area contributed by atoms with E-state index in [1.807, 2.05) is 6.08 Å². The fourth-order valence-electron chi connectivity index (χ4n) is 2.51. The van der Waals surface area contributed by atoms with E-state index in [1.54, 1.807) is 6.08 Å². The van der Waals surface area contributed by atoms with Crippen LogP contribution in [-0.4, -0.2) is 6.29 Å². The van der Waals surface area contributed by atoms with Gasteiger partial charge in [0.05, 0.1) is 0 Å². The van der Waals surface area contributed by atoms with Crippen molar-refractivity contribution in [1.29, 1.82) is 0 Å². The molecule has 2 aliphatic carbocycles. The fraction of sp³-hybridized carbons (Fsp3) is 0.417. The van der Waals surface area contributed by atoms with Crippen molar-refractivity contribution >= 4 is 6.29 Å². The van der Waals surface area contributed by atoms with Crippen molar-refractivity contribution in [3.8, 4) is 0 Å². The largest absolute Gasteiger partial charge is 0.299 e. The third-order valence-corrected chi connectivity index (χ3v) is 3.51. The highest BCUT2D eigenvalue weighted by molar-refractivity contribution is 5.65. The molecule has 1 nitrogen and oxygen atoms in total. The van der Waals surface area contributed by atoms with E-state index in [4.69, 9.17) is 0 Å². The molecule has 0 aromatic rings. The van der Waals surface area contributed by atoms with E-state index in [-0.39, 0.29) is 5.41 Å². The molecule has 1 heteroatoms. The van der Waals surface area contributed by atoms with Crippen molar-refractivity contribution < 1.29 is 4.79 Å². The van der Waals surface area contributed by atoms with Crippen LogP contribution in [0.3, 0.4) is 0 Å². The normalized spacial score (nSPS) is 42.1. The Hall–Kier alpha value is -1.11. The average molecular weight is 174 g/mol. The van der Waals surface area contributed by atoms with Crippen LogP contribution in [0.4, 0.5) is 0 Å². The van der Waals surface area contributed by atoms with E-state index in [0.717, 1.165) is 6.29 Å². The first-order valence-electron chi connectivity index (χ1n) is 4.69. The van der Waals surface area contributed by atoms with Gasteiger partial charge in [0.1, 0.15) is 6.29 Å². The molecule has 0 spiro atoms. The number of rotatable bonds is 2. The Labute approximate surface area is 78.8 Å². The number of aldehydes is 1. The number of carbonyl (C=O) groups is 1. The molecule has 1 saturated carbocycles. The van der Waals surface area contributed by atoms with Crippen LogP contribution in [0.1, 0.15) is 13.3 Å². The zero-order valence-electron chi connectivity index (χ0n) is 7.86. The predicted molar refractivity (Wildman–Crippen MR) is 53.2 cm³/mol.